The van der Waals surface area contributed by atoms with Crippen LogP contribution in [0.5, 0.6) is 0 Å². The Balaban J connectivity index is 1.93. The van der Waals surface area contributed by atoms with Crippen molar-refractivity contribution >= 4 is 0 Å². The van der Waals surface area contributed by atoms with E-state index in [1.807, 2.05) is 0 Å². The highest BCUT2D eigenvalue weighted by Crippen LogP contribution is 2.22. The van der Waals surface area contributed by atoms with Crippen LogP contribution in [-0.4, -0.2) is 61.5 Å². The van der Waals surface area contributed by atoms with E-state index in [1.54, 1.807) is 7.11 Å². The molecule has 0 aromatic carbocycles. The van der Waals surface area contributed by atoms with Gasteiger partial charge in [0.05, 0.1) is 12.2 Å². The molecule has 4 atom stereocenters. The molecule has 15 heavy (non-hydrogen) atoms. The number of nitrogens with zero attached hydrogens (tertiary/aromatic N) is 1. The topological polar surface area (TPSA) is 44.7 Å². The van der Waals surface area contributed by atoms with E-state index >= 15 is 0 Å². The number of methoxy groups -OCH3 is 1. The van der Waals surface area contributed by atoms with Gasteiger partial charge in [0, 0.05) is 32.8 Å². The minimum absolute atomic E-state index is 0.212. The number of hydrogen-bond donors (Lipinski definition) is 2. The van der Waals surface area contributed by atoms with Crippen LogP contribution >= 0.6 is 0 Å². The molecule has 0 radical (unpaired) electrons. The van der Waals surface area contributed by atoms with Crippen molar-refractivity contribution in [1.29, 1.82) is 0 Å². The van der Waals surface area contributed by atoms with Gasteiger partial charge in [-0.15, -0.1) is 0 Å². The standard InChI is InChI=1S/C11H22N2O2/c1-8-3-4-13(7-11(8)15-2)9-5-12-6-10(9)14/h8-12,14H,3-7H2,1-2H3. The van der Waals surface area contributed by atoms with Crippen molar-refractivity contribution in [2.45, 2.75) is 31.6 Å². The van der Waals surface area contributed by atoms with Crippen molar-refractivity contribution < 1.29 is 9.84 Å². The molecule has 4 heteroatoms. The molecule has 0 spiro atoms. The maximum Gasteiger partial charge on any atom is 0.0831 e. The summed E-state index contributed by atoms with van der Waals surface area (Å²) in [6, 6.07) is 0.287. The minimum Gasteiger partial charge on any atom is -0.390 e. The molecule has 0 saturated carbocycles. The third kappa shape index (κ3) is 2.33. The summed E-state index contributed by atoms with van der Waals surface area (Å²) >= 11 is 0. The maximum atomic E-state index is 9.82. The molecule has 88 valence electrons. The average Bonchev–Trinajstić information content (AvgIpc) is 2.65. The lowest BCUT2D eigenvalue weighted by Gasteiger charge is -2.40. The van der Waals surface area contributed by atoms with Gasteiger partial charge < -0.3 is 15.2 Å². The van der Waals surface area contributed by atoms with Crippen LogP contribution in [0.1, 0.15) is 13.3 Å². The first kappa shape index (κ1) is 11.3. The van der Waals surface area contributed by atoms with Gasteiger partial charge in [0.1, 0.15) is 0 Å². The molecule has 2 N–H and O–H groups in total. The van der Waals surface area contributed by atoms with Crippen molar-refractivity contribution in [3.05, 3.63) is 0 Å². The van der Waals surface area contributed by atoms with Crippen LogP contribution in [0.2, 0.25) is 0 Å². The highest BCUT2D eigenvalue weighted by molar-refractivity contribution is 4.92. The molecule has 0 amide bonds. The summed E-state index contributed by atoms with van der Waals surface area (Å²) in [5, 5.41) is 13.1. The zero-order chi connectivity index (χ0) is 10.8. The summed E-state index contributed by atoms with van der Waals surface area (Å²) in [7, 11) is 1.79. The Morgan fingerprint density at radius 3 is 2.80 bits per heavy atom. The van der Waals surface area contributed by atoms with Gasteiger partial charge in [0.15, 0.2) is 0 Å². The smallest absolute Gasteiger partial charge is 0.0831 e. The van der Waals surface area contributed by atoms with Gasteiger partial charge in [-0.3, -0.25) is 4.90 Å². The Labute approximate surface area is 91.6 Å². The molecule has 4 unspecified atom stereocenters. The van der Waals surface area contributed by atoms with Crippen LogP contribution in [0, 0.1) is 5.92 Å². The first-order chi connectivity index (χ1) is 7.22. The van der Waals surface area contributed by atoms with Crippen LogP contribution < -0.4 is 5.32 Å². The summed E-state index contributed by atoms with van der Waals surface area (Å²) in [5.41, 5.74) is 0. The monoisotopic (exact) mass is 214 g/mol. The van der Waals surface area contributed by atoms with E-state index in [-0.39, 0.29) is 12.1 Å². The Morgan fingerprint density at radius 2 is 2.20 bits per heavy atom. The molecule has 2 saturated heterocycles. The molecule has 2 aliphatic rings. The number of aliphatic hydroxyl groups excluding tert-OH is 1. The van der Waals surface area contributed by atoms with E-state index in [0.29, 0.717) is 12.0 Å². The number of piperidine rings is 1. The van der Waals surface area contributed by atoms with Gasteiger partial charge in [-0.2, -0.15) is 0 Å². The van der Waals surface area contributed by atoms with E-state index in [0.717, 1.165) is 26.2 Å². The molecule has 2 aliphatic heterocycles. The first-order valence-electron chi connectivity index (χ1n) is 5.88. The molecule has 4 nitrogen and oxygen atoms in total. The number of ether oxygens (including phenoxy) is 1. The van der Waals surface area contributed by atoms with E-state index in [1.165, 1.54) is 6.42 Å². The summed E-state index contributed by atoms with van der Waals surface area (Å²) in [6.45, 7) is 5.93. The van der Waals surface area contributed by atoms with Crippen LogP contribution in [0.4, 0.5) is 0 Å². The van der Waals surface area contributed by atoms with E-state index in [2.05, 4.69) is 17.1 Å². The Hall–Kier alpha value is -0.160. The predicted molar refractivity (Wildman–Crippen MR) is 58.8 cm³/mol. The zero-order valence-corrected chi connectivity index (χ0v) is 9.65. The fourth-order valence-electron chi connectivity index (χ4n) is 2.69. The Bertz CT molecular complexity index is 213. The van der Waals surface area contributed by atoms with Crippen LogP contribution in [0.3, 0.4) is 0 Å². The van der Waals surface area contributed by atoms with Crippen LogP contribution in [0.15, 0.2) is 0 Å². The van der Waals surface area contributed by atoms with Gasteiger partial charge in [-0.1, -0.05) is 6.92 Å². The lowest BCUT2D eigenvalue weighted by molar-refractivity contribution is -0.0325. The molecule has 0 aromatic heterocycles. The maximum absolute atomic E-state index is 9.82. The highest BCUT2D eigenvalue weighted by atomic mass is 16.5. The molecular formula is C11H22N2O2. The molecule has 0 bridgehead atoms. The van der Waals surface area contributed by atoms with Crippen molar-refractivity contribution in [2.75, 3.05) is 33.3 Å². The predicted octanol–water partition coefficient (Wildman–Crippen LogP) is -0.324. The van der Waals surface area contributed by atoms with Crippen molar-refractivity contribution in [1.82, 2.24) is 10.2 Å². The Morgan fingerprint density at radius 1 is 1.40 bits per heavy atom. The number of likely N-dealkylation sites (tertiary alicyclic amines) is 1. The third-order valence-electron chi connectivity index (χ3n) is 3.84. The Kier molecular flexibility index (Phi) is 3.61. The highest BCUT2D eigenvalue weighted by Gasteiger charge is 2.35. The summed E-state index contributed by atoms with van der Waals surface area (Å²) < 4.78 is 5.48. The van der Waals surface area contributed by atoms with E-state index in [4.69, 9.17) is 4.74 Å². The van der Waals surface area contributed by atoms with Crippen LogP contribution in [0.25, 0.3) is 0 Å². The van der Waals surface area contributed by atoms with Gasteiger partial charge >= 0.3 is 0 Å². The average molecular weight is 214 g/mol. The third-order valence-corrected chi connectivity index (χ3v) is 3.84. The number of aliphatic hydroxyl groups is 1. The second kappa shape index (κ2) is 4.78. The van der Waals surface area contributed by atoms with Crippen molar-refractivity contribution in [2.24, 2.45) is 5.92 Å². The molecule has 0 aromatic rings. The van der Waals surface area contributed by atoms with Gasteiger partial charge in [-0.05, 0) is 18.9 Å². The molecule has 2 rings (SSSR count). The fourth-order valence-corrected chi connectivity index (χ4v) is 2.69. The normalized spacial score (nSPS) is 43.4. The van der Waals surface area contributed by atoms with Crippen molar-refractivity contribution in [3.8, 4) is 0 Å². The first-order valence-corrected chi connectivity index (χ1v) is 5.88. The molecule has 2 fully saturated rings. The number of nitrogens with one attached hydrogen (secondary N) is 1. The molecular weight excluding hydrogens is 192 g/mol. The zero-order valence-electron chi connectivity index (χ0n) is 9.65. The fraction of sp³-hybridized carbons (Fsp3) is 1.00. The second-order valence-corrected chi connectivity index (χ2v) is 4.83. The van der Waals surface area contributed by atoms with Gasteiger partial charge in [0.2, 0.25) is 0 Å². The number of hydrogen-bond acceptors (Lipinski definition) is 4. The van der Waals surface area contributed by atoms with Gasteiger partial charge in [-0.25, -0.2) is 0 Å². The number of rotatable bonds is 2. The lowest BCUT2D eigenvalue weighted by atomic mass is 9.94. The van der Waals surface area contributed by atoms with E-state index < -0.39 is 0 Å². The summed E-state index contributed by atoms with van der Waals surface area (Å²) in [4.78, 5) is 2.37. The minimum atomic E-state index is -0.212. The summed E-state index contributed by atoms with van der Waals surface area (Å²) in [5.74, 6) is 0.637. The largest absolute Gasteiger partial charge is 0.390 e. The molecule has 2 heterocycles. The van der Waals surface area contributed by atoms with Crippen molar-refractivity contribution in [3.63, 3.8) is 0 Å². The number of β-amino-alcohol motifs (C(OH)–C–C–N with tert-alkyl or cyclic N) is 1. The lowest BCUT2D eigenvalue weighted by Crippen LogP contribution is -2.52. The second-order valence-electron chi connectivity index (χ2n) is 4.83. The van der Waals surface area contributed by atoms with E-state index in [9.17, 15) is 5.11 Å². The SMILES string of the molecule is COC1CN(C2CNCC2O)CCC1C. The van der Waals surface area contributed by atoms with Gasteiger partial charge in [0.25, 0.3) is 0 Å². The van der Waals surface area contributed by atoms with Crippen LogP contribution in [-0.2, 0) is 4.74 Å². The quantitative estimate of drug-likeness (QED) is 0.661. The molecule has 0 aliphatic carbocycles. The summed E-state index contributed by atoms with van der Waals surface area (Å²) in [6.07, 6.45) is 1.28.